The van der Waals surface area contributed by atoms with Gasteiger partial charge in [0.25, 0.3) is 0 Å². The van der Waals surface area contributed by atoms with E-state index in [1.54, 1.807) is 11.3 Å². The molecule has 0 radical (unpaired) electrons. The number of rotatable bonds is 4. The molecule has 1 aromatic heterocycles. The quantitative estimate of drug-likeness (QED) is 0.875. The second-order valence-corrected chi connectivity index (χ2v) is 5.38. The number of nitrogens with one attached hydrogen (secondary N) is 1. The van der Waals surface area contributed by atoms with Gasteiger partial charge in [-0.25, -0.2) is 4.98 Å². The fraction of sp³-hybridized carbons (Fsp3) is 0.308. The van der Waals surface area contributed by atoms with Gasteiger partial charge in [-0.3, -0.25) is 0 Å². The number of aromatic nitrogens is 1. The van der Waals surface area contributed by atoms with Gasteiger partial charge in [0.2, 0.25) is 0 Å². The van der Waals surface area contributed by atoms with E-state index in [9.17, 15) is 0 Å². The lowest BCUT2D eigenvalue weighted by Crippen LogP contribution is -1.97. The summed E-state index contributed by atoms with van der Waals surface area (Å²) in [5.41, 5.74) is 2.39. The number of benzene rings is 1. The molecule has 1 aromatic carbocycles. The van der Waals surface area contributed by atoms with Gasteiger partial charge in [-0.05, 0) is 36.6 Å². The minimum Gasteiger partial charge on any atom is -0.362 e. The zero-order chi connectivity index (χ0) is 12.3. The van der Waals surface area contributed by atoms with Crippen molar-refractivity contribution in [3.05, 3.63) is 35.0 Å². The highest BCUT2D eigenvalue weighted by molar-refractivity contribution is 7.18. The van der Waals surface area contributed by atoms with Crippen LogP contribution < -0.4 is 5.32 Å². The van der Waals surface area contributed by atoms with Crippen LogP contribution in [0.4, 0.5) is 5.13 Å². The van der Waals surface area contributed by atoms with Gasteiger partial charge in [0.1, 0.15) is 0 Å². The number of hydrogen-bond donors (Lipinski definition) is 1. The molecular weight excluding hydrogens is 252 g/mol. The molecule has 0 aliphatic rings. The SMILES string of the molecule is CCCNc1ncc(-c2ccc(Cl)cc2C)s1. The van der Waals surface area contributed by atoms with Crippen LogP contribution in [0.1, 0.15) is 18.9 Å². The van der Waals surface area contributed by atoms with Crippen LogP contribution in [0.25, 0.3) is 10.4 Å². The number of nitrogens with zero attached hydrogens (tertiary/aromatic N) is 1. The lowest BCUT2D eigenvalue weighted by molar-refractivity contribution is 0.976. The molecule has 0 atom stereocenters. The van der Waals surface area contributed by atoms with E-state index >= 15 is 0 Å². The molecular formula is C13H15ClN2S. The summed E-state index contributed by atoms with van der Waals surface area (Å²) < 4.78 is 0. The first kappa shape index (κ1) is 12.4. The molecule has 17 heavy (non-hydrogen) atoms. The molecule has 90 valence electrons. The number of aryl methyl sites for hydroxylation is 1. The Morgan fingerprint density at radius 1 is 1.41 bits per heavy atom. The molecule has 1 N–H and O–H groups in total. The van der Waals surface area contributed by atoms with Crippen molar-refractivity contribution < 1.29 is 0 Å². The summed E-state index contributed by atoms with van der Waals surface area (Å²) in [7, 11) is 0. The first-order valence-corrected chi connectivity index (χ1v) is 6.86. The topological polar surface area (TPSA) is 24.9 Å². The third kappa shape index (κ3) is 2.99. The summed E-state index contributed by atoms with van der Waals surface area (Å²) in [4.78, 5) is 5.55. The van der Waals surface area contributed by atoms with Crippen LogP contribution in [0.5, 0.6) is 0 Å². The third-order valence-corrected chi connectivity index (χ3v) is 3.71. The van der Waals surface area contributed by atoms with Crippen LogP contribution in [0.15, 0.2) is 24.4 Å². The monoisotopic (exact) mass is 266 g/mol. The number of hydrogen-bond acceptors (Lipinski definition) is 3. The average Bonchev–Trinajstić information content (AvgIpc) is 2.75. The Hall–Kier alpha value is -1.06. The first-order chi connectivity index (χ1) is 8.20. The minimum atomic E-state index is 0.778. The van der Waals surface area contributed by atoms with Crippen molar-refractivity contribution >= 4 is 28.1 Å². The van der Waals surface area contributed by atoms with Gasteiger partial charge in [0, 0.05) is 17.8 Å². The smallest absolute Gasteiger partial charge is 0.183 e. The lowest BCUT2D eigenvalue weighted by Gasteiger charge is -2.02. The van der Waals surface area contributed by atoms with Crippen molar-refractivity contribution in [3.63, 3.8) is 0 Å². The standard InChI is InChI=1S/C13H15ClN2S/c1-3-6-15-13-16-8-12(17-13)11-5-4-10(14)7-9(11)2/h4-5,7-8H,3,6H2,1-2H3,(H,15,16). The Morgan fingerprint density at radius 3 is 2.94 bits per heavy atom. The molecule has 0 unspecified atom stereocenters. The van der Waals surface area contributed by atoms with Crippen LogP contribution in [-0.2, 0) is 0 Å². The van der Waals surface area contributed by atoms with Crippen LogP contribution in [0.2, 0.25) is 5.02 Å². The van der Waals surface area contributed by atoms with Gasteiger partial charge in [0.15, 0.2) is 5.13 Å². The van der Waals surface area contributed by atoms with Gasteiger partial charge in [-0.2, -0.15) is 0 Å². The Morgan fingerprint density at radius 2 is 2.24 bits per heavy atom. The normalized spacial score (nSPS) is 10.5. The van der Waals surface area contributed by atoms with Gasteiger partial charge in [-0.15, -0.1) is 0 Å². The fourth-order valence-electron chi connectivity index (χ4n) is 1.62. The maximum Gasteiger partial charge on any atom is 0.183 e. The summed E-state index contributed by atoms with van der Waals surface area (Å²) in [6.07, 6.45) is 3.02. The van der Waals surface area contributed by atoms with Gasteiger partial charge in [-0.1, -0.05) is 35.9 Å². The summed E-state index contributed by atoms with van der Waals surface area (Å²) in [6, 6.07) is 5.95. The van der Waals surface area contributed by atoms with E-state index in [1.807, 2.05) is 18.3 Å². The van der Waals surface area contributed by atoms with Crippen molar-refractivity contribution in [3.8, 4) is 10.4 Å². The molecule has 0 aliphatic heterocycles. The molecule has 2 rings (SSSR count). The zero-order valence-corrected chi connectivity index (χ0v) is 11.5. The molecule has 2 nitrogen and oxygen atoms in total. The van der Waals surface area contributed by atoms with Crippen molar-refractivity contribution in [1.29, 1.82) is 0 Å². The van der Waals surface area contributed by atoms with Crippen molar-refractivity contribution in [2.45, 2.75) is 20.3 Å². The average molecular weight is 267 g/mol. The van der Waals surface area contributed by atoms with E-state index in [1.165, 1.54) is 16.0 Å². The second kappa shape index (κ2) is 5.52. The minimum absolute atomic E-state index is 0.778. The van der Waals surface area contributed by atoms with Gasteiger partial charge in [0.05, 0.1) is 4.88 Å². The Bertz CT molecular complexity index is 508. The number of thiazole rings is 1. The lowest BCUT2D eigenvalue weighted by atomic mass is 10.1. The molecule has 0 saturated carbocycles. The van der Waals surface area contributed by atoms with Crippen molar-refractivity contribution in [1.82, 2.24) is 4.98 Å². The predicted molar refractivity (Wildman–Crippen MR) is 76.1 cm³/mol. The summed E-state index contributed by atoms with van der Waals surface area (Å²) >= 11 is 7.63. The summed E-state index contributed by atoms with van der Waals surface area (Å²) in [5.74, 6) is 0. The van der Waals surface area contributed by atoms with Crippen molar-refractivity contribution in [2.24, 2.45) is 0 Å². The summed E-state index contributed by atoms with van der Waals surface area (Å²) in [6.45, 7) is 5.18. The Balaban J connectivity index is 2.24. The van der Waals surface area contributed by atoms with Gasteiger partial charge >= 0.3 is 0 Å². The third-order valence-electron chi connectivity index (χ3n) is 2.49. The molecule has 1 heterocycles. The second-order valence-electron chi connectivity index (χ2n) is 3.92. The predicted octanol–water partition coefficient (Wildman–Crippen LogP) is 4.59. The Kier molecular flexibility index (Phi) is 4.02. The van der Waals surface area contributed by atoms with Crippen LogP contribution in [0, 0.1) is 6.92 Å². The van der Waals surface area contributed by atoms with Crippen LogP contribution in [0.3, 0.4) is 0 Å². The van der Waals surface area contributed by atoms with E-state index < -0.39 is 0 Å². The molecule has 0 spiro atoms. The molecule has 0 amide bonds. The molecule has 0 saturated heterocycles. The molecule has 4 heteroatoms. The molecule has 0 fully saturated rings. The van der Waals surface area contributed by atoms with E-state index in [0.29, 0.717) is 0 Å². The highest BCUT2D eigenvalue weighted by atomic mass is 35.5. The highest BCUT2D eigenvalue weighted by Gasteiger charge is 2.06. The van der Waals surface area contributed by atoms with E-state index in [2.05, 4.69) is 30.2 Å². The maximum absolute atomic E-state index is 5.95. The number of anilines is 1. The number of halogens is 1. The zero-order valence-electron chi connectivity index (χ0n) is 9.96. The molecule has 0 bridgehead atoms. The van der Waals surface area contributed by atoms with Crippen molar-refractivity contribution in [2.75, 3.05) is 11.9 Å². The molecule has 2 aromatic rings. The summed E-state index contributed by atoms with van der Waals surface area (Å²) in [5, 5.41) is 5.06. The van der Waals surface area contributed by atoms with Gasteiger partial charge < -0.3 is 5.32 Å². The fourth-order valence-corrected chi connectivity index (χ4v) is 2.77. The van der Waals surface area contributed by atoms with E-state index in [-0.39, 0.29) is 0 Å². The Labute approximate surface area is 111 Å². The van der Waals surface area contributed by atoms with Crippen LogP contribution in [-0.4, -0.2) is 11.5 Å². The largest absolute Gasteiger partial charge is 0.362 e. The first-order valence-electron chi connectivity index (χ1n) is 5.67. The molecule has 0 aliphatic carbocycles. The highest BCUT2D eigenvalue weighted by Crippen LogP contribution is 2.32. The van der Waals surface area contributed by atoms with E-state index in [4.69, 9.17) is 11.6 Å². The maximum atomic E-state index is 5.95. The van der Waals surface area contributed by atoms with Crippen LogP contribution >= 0.6 is 22.9 Å². The van der Waals surface area contributed by atoms with E-state index in [0.717, 1.165) is 23.1 Å².